The van der Waals surface area contributed by atoms with Gasteiger partial charge in [-0.05, 0) is 90.7 Å². The molecule has 3 aromatic heterocycles. The highest BCUT2D eigenvalue weighted by Crippen LogP contribution is 2.40. The van der Waals surface area contributed by atoms with Gasteiger partial charge in [0.1, 0.15) is 34.3 Å². The Morgan fingerprint density at radius 2 is 1.45 bits per heavy atom. The Hall–Kier alpha value is -7.35. The van der Waals surface area contributed by atoms with E-state index in [9.17, 15) is 0 Å². The Bertz CT molecular complexity index is 3300. The number of nitrogens with one attached hydrogen (secondary N) is 2. The van der Waals surface area contributed by atoms with Crippen LogP contribution in [-0.2, 0) is 6.42 Å². The number of aromatic nitrogens is 1. The van der Waals surface area contributed by atoms with Crippen LogP contribution in [0.25, 0.3) is 66.4 Å². The van der Waals surface area contributed by atoms with Gasteiger partial charge in [-0.25, -0.2) is 4.99 Å². The maximum atomic E-state index is 6.57. The lowest BCUT2D eigenvalue weighted by atomic mass is 10.0. The largest absolute Gasteiger partial charge is 0.456 e. The zero-order chi connectivity index (χ0) is 38.3. The molecule has 0 fully saturated rings. The number of anilines is 2. The summed E-state index contributed by atoms with van der Waals surface area (Å²) in [5, 5.41) is 13.3. The lowest BCUT2D eigenvalue weighted by molar-refractivity contribution is 0.330. The highest BCUT2D eigenvalue weighted by atomic mass is 16.3. The lowest BCUT2D eigenvalue weighted by Gasteiger charge is -2.34. The standard InChI is InChI=1S/C51H37N5O2/c1-31-12-10-11-27-55(42-17-6-2-13-35(31)42)34-23-24-39-41-29-33(22-26-47(41)58-48(39)30-34)50-52-49(32-21-25-46-40(28-32)38-16-5-9-20-45(38)57-46)53-51(54-50)56-43-18-7-3-14-36(43)37-15-4-8-19-44(37)56/h2-7,9-18,20-30,50-51,54H,1,8,19H2,(H,52,53)/b12-10-,27-11-. The number of benzene rings is 6. The molecule has 2 unspecified atom stereocenters. The number of allylic oxidation sites excluding steroid dienone is 5. The number of hydrogen-bond acceptors (Lipinski definition) is 6. The summed E-state index contributed by atoms with van der Waals surface area (Å²) in [6.45, 7) is 4.31. The van der Waals surface area contributed by atoms with Gasteiger partial charge in [0.25, 0.3) is 0 Å². The van der Waals surface area contributed by atoms with Crippen LogP contribution in [0.2, 0.25) is 0 Å². The molecule has 2 N–H and O–H groups in total. The number of amidine groups is 1. The van der Waals surface area contributed by atoms with Crippen LogP contribution in [0.4, 0.5) is 11.4 Å². The second-order valence-corrected chi connectivity index (χ2v) is 15.2. The summed E-state index contributed by atoms with van der Waals surface area (Å²) in [5.41, 5.74) is 13.4. The summed E-state index contributed by atoms with van der Waals surface area (Å²) in [5.74, 6) is 0.819. The van der Waals surface area contributed by atoms with E-state index in [0.29, 0.717) is 0 Å². The summed E-state index contributed by atoms with van der Waals surface area (Å²) < 4.78 is 15.2. The first-order chi connectivity index (χ1) is 28.6. The van der Waals surface area contributed by atoms with Crippen LogP contribution in [0.1, 0.15) is 46.8 Å². The summed E-state index contributed by atoms with van der Waals surface area (Å²) in [6.07, 6.45) is 14.1. The van der Waals surface area contributed by atoms with Gasteiger partial charge >= 0.3 is 0 Å². The van der Waals surface area contributed by atoms with Gasteiger partial charge in [0.05, 0.1) is 11.2 Å². The normalized spacial score (nSPS) is 18.9. The van der Waals surface area contributed by atoms with Crippen molar-refractivity contribution < 1.29 is 8.83 Å². The third kappa shape index (κ3) is 5.14. The highest BCUT2D eigenvalue weighted by molar-refractivity contribution is 6.10. The summed E-state index contributed by atoms with van der Waals surface area (Å²) >= 11 is 0. The van der Waals surface area contributed by atoms with E-state index >= 15 is 0 Å². The number of hydrogen-bond donors (Lipinski definition) is 2. The van der Waals surface area contributed by atoms with E-state index < -0.39 is 0 Å². The van der Waals surface area contributed by atoms with Crippen LogP contribution >= 0.6 is 0 Å². The average Bonchev–Trinajstić information content (AvgIpc) is 3.94. The molecule has 278 valence electrons. The van der Waals surface area contributed by atoms with Gasteiger partial charge in [-0.1, -0.05) is 91.5 Å². The molecule has 12 rings (SSSR count). The van der Waals surface area contributed by atoms with Gasteiger partial charge in [-0.2, -0.15) is 0 Å². The SMILES string of the molecule is C=C1/C=C\C=C/N(c2ccc3c(c2)oc2ccc(C4NC(c5ccc6oc7ccccc7c6c5)=NC(n5c6c(c7ccccc75)C=CCC6)N4)cc23)c2ccccc21. The van der Waals surface area contributed by atoms with Gasteiger partial charge < -0.3 is 23.6 Å². The molecule has 0 spiro atoms. The fourth-order valence-electron chi connectivity index (χ4n) is 9.12. The van der Waals surface area contributed by atoms with E-state index in [-0.39, 0.29) is 12.5 Å². The fraction of sp³-hybridized carbons (Fsp3) is 0.0784. The summed E-state index contributed by atoms with van der Waals surface area (Å²) in [7, 11) is 0. The molecule has 2 aliphatic heterocycles. The summed E-state index contributed by atoms with van der Waals surface area (Å²) in [4.78, 5) is 7.65. The number of fused-ring (bicyclic) bond motifs is 10. The molecule has 7 nitrogen and oxygen atoms in total. The van der Waals surface area contributed by atoms with Crippen LogP contribution in [-0.4, -0.2) is 10.4 Å². The number of nitrogens with zero attached hydrogens (tertiary/aromatic N) is 3. The average molecular weight is 752 g/mol. The fourth-order valence-corrected chi connectivity index (χ4v) is 9.12. The quantitative estimate of drug-likeness (QED) is 0.187. The van der Waals surface area contributed by atoms with Gasteiger partial charge in [-0.3, -0.25) is 5.32 Å². The molecule has 58 heavy (non-hydrogen) atoms. The first kappa shape index (κ1) is 32.9. The van der Waals surface area contributed by atoms with Gasteiger partial charge in [0.15, 0.2) is 6.29 Å². The molecule has 6 aromatic carbocycles. The Balaban J connectivity index is 0.973. The van der Waals surface area contributed by atoms with E-state index in [0.717, 1.165) is 96.2 Å². The van der Waals surface area contributed by atoms with Crippen molar-refractivity contribution in [3.63, 3.8) is 0 Å². The topological polar surface area (TPSA) is 70.9 Å². The monoisotopic (exact) mass is 751 g/mol. The first-order valence-corrected chi connectivity index (χ1v) is 19.8. The molecule has 0 saturated heterocycles. The maximum absolute atomic E-state index is 6.57. The Labute approximate surface area is 334 Å². The van der Waals surface area contributed by atoms with E-state index in [1.165, 1.54) is 22.2 Å². The Morgan fingerprint density at radius 3 is 2.40 bits per heavy atom. The number of furan rings is 2. The third-order valence-electron chi connectivity index (χ3n) is 11.9. The smallest absolute Gasteiger partial charge is 0.184 e. The molecule has 2 atom stereocenters. The van der Waals surface area contributed by atoms with Crippen molar-refractivity contribution in [2.45, 2.75) is 25.3 Å². The van der Waals surface area contributed by atoms with Crippen LogP contribution in [0.3, 0.4) is 0 Å². The molecule has 3 aliphatic rings. The molecule has 1 aliphatic carbocycles. The van der Waals surface area contributed by atoms with E-state index in [1.54, 1.807) is 0 Å². The van der Waals surface area contributed by atoms with Gasteiger partial charge in [0.2, 0.25) is 0 Å². The first-order valence-electron chi connectivity index (χ1n) is 19.8. The molecule has 5 heterocycles. The van der Waals surface area contributed by atoms with E-state index in [2.05, 4.69) is 160 Å². The van der Waals surface area contributed by atoms with Crippen LogP contribution in [0, 0.1) is 0 Å². The van der Waals surface area contributed by atoms with Crippen molar-refractivity contribution in [2.24, 2.45) is 4.99 Å². The Morgan fingerprint density at radius 1 is 0.672 bits per heavy atom. The van der Waals surface area contributed by atoms with Crippen molar-refractivity contribution in [1.82, 2.24) is 15.2 Å². The second kappa shape index (κ2) is 12.8. The summed E-state index contributed by atoms with van der Waals surface area (Å²) in [6, 6.07) is 44.6. The van der Waals surface area contributed by atoms with Crippen molar-refractivity contribution in [2.75, 3.05) is 4.90 Å². The molecular formula is C51H37N5O2. The second-order valence-electron chi connectivity index (χ2n) is 15.2. The van der Waals surface area contributed by atoms with Crippen molar-refractivity contribution in [3.8, 4) is 0 Å². The third-order valence-corrected chi connectivity index (χ3v) is 11.9. The van der Waals surface area contributed by atoms with Crippen molar-refractivity contribution in [3.05, 3.63) is 192 Å². The van der Waals surface area contributed by atoms with Gasteiger partial charge in [-0.15, -0.1) is 0 Å². The van der Waals surface area contributed by atoms with Crippen LogP contribution in [0.5, 0.6) is 0 Å². The maximum Gasteiger partial charge on any atom is 0.184 e. The van der Waals surface area contributed by atoms with Crippen LogP contribution < -0.4 is 15.5 Å². The minimum atomic E-state index is -0.364. The zero-order valence-electron chi connectivity index (χ0n) is 31.5. The van der Waals surface area contributed by atoms with Crippen LogP contribution in [0.15, 0.2) is 178 Å². The zero-order valence-corrected chi connectivity index (χ0v) is 31.5. The van der Waals surface area contributed by atoms with E-state index in [4.69, 9.17) is 13.8 Å². The number of rotatable bonds is 4. The molecule has 7 heteroatoms. The lowest BCUT2D eigenvalue weighted by Crippen LogP contribution is -2.46. The number of aliphatic imine (C=N–C) groups is 1. The minimum absolute atomic E-state index is 0.261. The van der Waals surface area contributed by atoms with Crippen molar-refractivity contribution >= 4 is 83.6 Å². The molecule has 0 amide bonds. The van der Waals surface area contributed by atoms with Crippen molar-refractivity contribution in [1.29, 1.82) is 0 Å². The minimum Gasteiger partial charge on any atom is -0.456 e. The molecule has 0 radical (unpaired) electrons. The highest BCUT2D eigenvalue weighted by Gasteiger charge is 2.30. The molecule has 0 bridgehead atoms. The predicted octanol–water partition coefficient (Wildman–Crippen LogP) is 12.4. The molecule has 0 saturated carbocycles. The predicted molar refractivity (Wildman–Crippen MR) is 237 cm³/mol. The Kier molecular flexibility index (Phi) is 7.28. The number of para-hydroxylation sites is 3. The molecule has 9 aromatic rings. The van der Waals surface area contributed by atoms with Gasteiger partial charge in [0, 0.05) is 67.3 Å². The molecular weight excluding hydrogens is 715 g/mol. The van der Waals surface area contributed by atoms with E-state index in [1.807, 2.05) is 30.4 Å².